The third-order valence-electron chi connectivity index (χ3n) is 4.28. The SMILES string of the molecule is Cc1noc(C)c1CC(=O)N1CCN(C(C)C)C(C(N)=O)C1. The topological polar surface area (TPSA) is 92.7 Å². The summed E-state index contributed by atoms with van der Waals surface area (Å²) in [5.41, 5.74) is 7.06. The molecule has 1 aromatic heterocycles. The molecule has 1 saturated heterocycles. The van der Waals surface area contributed by atoms with Crippen molar-refractivity contribution in [1.29, 1.82) is 0 Å². The lowest BCUT2D eigenvalue weighted by atomic mass is 10.1. The fourth-order valence-corrected chi connectivity index (χ4v) is 2.91. The fraction of sp³-hybridized carbons (Fsp3) is 0.667. The molecular weight excluding hydrogens is 284 g/mol. The van der Waals surface area contributed by atoms with Gasteiger partial charge in [-0.05, 0) is 27.7 Å². The van der Waals surface area contributed by atoms with Crippen LogP contribution in [0.3, 0.4) is 0 Å². The predicted molar refractivity (Wildman–Crippen MR) is 81.1 cm³/mol. The number of carbonyl (C=O) groups excluding carboxylic acids is 2. The average Bonchev–Trinajstić information content (AvgIpc) is 2.78. The first-order chi connectivity index (χ1) is 10.3. The number of carbonyl (C=O) groups is 2. The highest BCUT2D eigenvalue weighted by atomic mass is 16.5. The summed E-state index contributed by atoms with van der Waals surface area (Å²) in [6, 6.07) is -0.209. The van der Waals surface area contributed by atoms with E-state index in [1.54, 1.807) is 11.8 Å². The van der Waals surface area contributed by atoms with Crippen molar-refractivity contribution in [2.45, 2.75) is 46.2 Å². The first-order valence-electron chi connectivity index (χ1n) is 7.55. The molecule has 0 bridgehead atoms. The second-order valence-electron chi connectivity index (χ2n) is 6.07. The van der Waals surface area contributed by atoms with Crippen molar-refractivity contribution in [3.8, 4) is 0 Å². The third kappa shape index (κ3) is 3.30. The van der Waals surface area contributed by atoms with Gasteiger partial charge < -0.3 is 15.2 Å². The zero-order valence-electron chi connectivity index (χ0n) is 13.6. The summed E-state index contributed by atoms with van der Waals surface area (Å²) in [6.07, 6.45) is 0.244. The van der Waals surface area contributed by atoms with Gasteiger partial charge in [-0.1, -0.05) is 5.16 Å². The van der Waals surface area contributed by atoms with Crippen LogP contribution in [0.25, 0.3) is 0 Å². The van der Waals surface area contributed by atoms with Gasteiger partial charge in [-0.2, -0.15) is 0 Å². The van der Waals surface area contributed by atoms with Gasteiger partial charge in [0, 0.05) is 31.2 Å². The molecule has 2 heterocycles. The quantitative estimate of drug-likeness (QED) is 0.860. The molecule has 0 aliphatic carbocycles. The summed E-state index contributed by atoms with van der Waals surface area (Å²) in [4.78, 5) is 27.9. The number of piperazine rings is 1. The van der Waals surface area contributed by atoms with Gasteiger partial charge in [0.05, 0.1) is 12.1 Å². The van der Waals surface area contributed by atoms with E-state index in [-0.39, 0.29) is 24.3 Å². The van der Waals surface area contributed by atoms with Gasteiger partial charge in [0.2, 0.25) is 11.8 Å². The Kier molecular flexibility index (Phi) is 4.85. The Morgan fingerprint density at radius 2 is 2.05 bits per heavy atom. The maximum Gasteiger partial charge on any atom is 0.236 e. The van der Waals surface area contributed by atoms with Crippen molar-refractivity contribution < 1.29 is 14.1 Å². The number of rotatable bonds is 4. The summed E-state index contributed by atoms with van der Waals surface area (Å²) >= 11 is 0. The highest BCUT2D eigenvalue weighted by Gasteiger charge is 2.34. The van der Waals surface area contributed by atoms with Crippen LogP contribution in [0.2, 0.25) is 0 Å². The van der Waals surface area contributed by atoms with E-state index < -0.39 is 6.04 Å². The van der Waals surface area contributed by atoms with Crippen LogP contribution < -0.4 is 5.73 Å². The first kappa shape index (κ1) is 16.5. The molecule has 1 unspecified atom stereocenters. The minimum Gasteiger partial charge on any atom is -0.368 e. The largest absolute Gasteiger partial charge is 0.368 e. The van der Waals surface area contributed by atoms with Gasteiger partial charge in [-0.3, -0.25) is 14.5 Å². The Bertz CT molecular complexity index is 548. The fourth-order valence-electron chi connectivity index (χ4n) is 2.91. The standard InChI is InChI=1S/C15H24N4O3/c1-9(2)19-6-5-18(8-13(19)15(16)21)14(20)7-12-10(3)17-22-11(12)4/h9,13H,5-8H2,1-4H3,(H2,16,21). The van der Waals surface area contributed by atoms with Crippen LogP contribution >= 0.6 is 0 Å². The molecule has 1 aliphatic heterocycles. The first-order valence-corrected chi connectivity index (χ1v) is 7.55. The number of aryl methyl sites for hydroxylation is 2. The Morgan fingerprint density at radius 1 is 1.36 bits per heavy atom. The highest BCUT2D eigenvalue weighted by Crippen LogP contribution is 2.17. The summed E-state index contributed by atoms with van der Waals surface area (Å²) in [5, 5.41) is 3.86. The lowest BCUT2D eigenvalue weighted by Crippen LogP contribution is -2.61. The van der Waals surface area contributed by atoms with Crippen molar-refractivity contribution in [2.24, 2.45) is 5.73 Å². The lowest BCUT2D eigenvalue weighted by Gasteiger charge is -2.42. The van der Waals surface area contributed by atoms with E-state index >= 15 is 0 Å². The molecule has 0 aromatic carbocycles. The van der Waals surface area contributed by atoms with Crippen molar-refractivity contribution in [3.63, 3.8) is 0 Å². The van der Waals surface area contributed by atoms with E-state index in [1.165, 1.54) is 0 Å². The Morgan fingerprint density at radius 3 is 2.55 bits per heavy atom. The molecule has 2 rings (SSSR count). The molecule has 0 spiro atoms. The monoisotopic (exact) mass is 308 g/mol. The van der Waals surface area contributed by atoms with E-state index in [4.69, 9.17) is 10.3 Å². The molecular formula is C15H24N4O3. The Hall–Kier alpha value is -1.89. The summed E-state index contributed by atoms with van der Waals surface area (Å²) in [6.45, 7) is 9.26. The minimum atomic E-state index is -0.428. The normalized spacial score (nSPS) is 19.7. The number of primary amides is 1. The Labute approximate surface area is 130 Å². The molecule has 2 amide bonds. The maximum absolute atomic E-state index is 12.5. The number of nitrogens with zero attached hydrogens (tertiary/aromatic N) is 3. The van der Waals surface area contributed by atoms with Crippen molar-refractivity contribution in [1.82, 2.24) is 15.0 Å². The van der Waals surface area contributed by atoms with Crippen LogP contribution in [0.15, 0.2) is 4.52 Å². The number of amides is 2. The van der Waals surface area contributed by atoms with E-state index in [0.717, 1.165) is 11.3 Å². The second-order valence-corrected chi connectivity index (χ2v) is 6.07. The van der Waals surface area contributed by atoms with Gasteiger partial charge >= 0.3 is 0 Å². The van der Waals surface area contributed by atoms with Gasteiger partial charge in [0.25, 0.3) is 0 Å². The molecule has 1 aliphatic rings. The average molecular weight is 308 g/mol. The van der Waals surface area contributed by atoms with Crippen molar-refractivity contribution in [2.75, 3.05) is 19.6 Å². The Balaban J connectivity index is 2.07. The zero-order chi connectivity index (χ0) is 16.4. The van der Waals surface area contributed by atoms with E-state index in [9.17, 15) is 9.59 Å². The van der Waals surface area contributed by atoms with E-state index in [2.05, 4.69) is 5.16 Å². The summed E-state index contributed by atoms with van der Waals surface area (Å²) in [7, 11) is 0. The van der Waals surface area contributed by atoms with Crippen molar-refractivity contribution in [3.05, 3.63) is 17.0 Å². The molecule has 1 fully saturated rings. The van der Waals surface area contributed by atoms with Crippen LogP contribution in [0.5, 0.6) is 0 Å². The lowest BCUT2D eigenvalue weighted by molar-refractivity contribution is -0.137. The molecule has 7 heteroatoms. The van der Waals surface area contributed by atoms with Crippen LogP contribution in [0, 0.1) is 13.8 Å². The molecule has 0 radical (unpaired) electrons. The molecule has 1 atom stereocenters. The third-order valence-corrected chi connectivity index (χ3v) is 4.28. The number of aromatic nitrogens is 1. The number of hydrogen-bond donors (Lipinski definition) is 1. The maximum atomic E-state index is 12.5. The number of nitrogens with two attached hydrogens (primary N) is 1. The number of hydrogen-bond acceptors (Lipinski definition) is 5. The van der Waals surface area contributed by atoms with Gasteiger partial charge in [-0.25, -0.2) is 0 Å². The van der Waals surface area contributed by atoms with Crippen molar-refractivity contribution >= 4 is 11.8 Å². The second kappa shape index (κ2) is 6.48. The van der Waals surface area contributed by atoms with Gasteiger partial charge in [-0.15, -0.1) is 0 Å². The van der Waals surface area contributed by atoms with Crippen LogP contribution in [-0.2, 0) is 16.0 Å². The van der Waals surface area contributed by atoms with E-state index in [0.29, 0.717) is 25.4 Å². The predicted octanol–water partition coefficient (Wildman–Crippen LogP) is 0.240. The molecule has 22 heavy (non-hydrogen) atoms. The van der Waals surface area contributed by atoms with Crippen LogP contribution in [-0.4, -0.2) is 58.5 Å². The van der Waals surface area contributed by atoms with Crippen LogP contribution in [0.4, 0.5) is 0 Å². The van der Waals surface area contributed by atoms with Gasteiger partial charge in [0.15, 0.2) is 0 Å². The summed E-state index contributed by atoms with van der Waals surface area (Å²) in [5.74, 6) is 0.255. The molecule has 7 nitrogen and oxygen atoms in total. The smallest absolute Gasteiger partial charge is 0.236 e. The molecule has 122 valence electrons. The minimum absolute atomic E-state index is 0.0240. The molecule has 2 N–H and O–H groups in total. The molecule has 0 saturated carbocycles. The molecule has 1 aromatic rings. The zero-order valence-corrected chi connectivity index (χ0v) is 13.6. The van der Waals surface area contributed by atoms with Gasteiger partial charge in [0.1, 0.15) is 11.8 Å². The summed E-state index contributed by atoms with van der Waals surface area (Å²) < 4.78 is 5.09. The van der Waals surface area contributed by atoms with E-state index in [1.807, 2.05) is 25.7 Å². The highest BCUT2D eigenvalue weighted by molar-refractivity contribution is 5.83. The van der Waals surface area contributed by atoms with Crippen LogP contribution in [0.1, 0.15) is 30.9 Å².